The highest BCUT2D eigenvalue weighted by atomic mass is 16.1. The Balaban J connectivity index is 1.55. The zero-order chi connectivity index (χ0) is 23.7. The molecule has 34 heavy (non-hydrogen) atoms. The van der Waals surface area contributed by atoms with E-state index in [-0.39, 0.29) is 56.8 Å². The highest BCUT2D eigenvalue weighted by molar-refractivity contribution is 6.32. The fraction of sp³-hybridized carbons (Fsp3) is 0. The van der Waals surface area contributed by atoms with Crippen molar-refractivity contribution in [2.75, 3.05) is 11.5 Å². The standard InChI is InChI=1S/C28H16N2O4/c29-23-13(9-11-19-21(23)27(33)17-7-3-1-5-15(17)25(19)31)14-10-12-20-22(24(14)30)28(34)18-8-4-2-6-16(18)26(20)32/h1-12H,29-30H2. The summed E-state index contributed by atoms with van der Waals surface area (Å²) in [4.78, 5) is 52.5. The molecule has 162 valence electrons. The molecular formula is C28H16N2O4. The minimum Gasteiger partial charge on any atom is -0.398 e. The third kappa shape index (κ3) is 2.45. The highest BCUT2D eigenvalue weighted by Gasteiger charge is 2.34. The zero-order valence-electron chi connectivity index (χ0n) is 17.7. The van der Waals surface area contributed by atoms with Gasteiger partial charge in [-0.15, -0.1) is 0 Å². The number of carbonyl (C=O) groups excluding carboxylic acids is 4. The lowest BCUT2D eigenvalue weighted by molar-refractivity contribution is 0.0979. The molecule has 6 nitrogen and oxygen atoms in total. The van der Waals surface area contributed by atoms with E-state index in [9.17, 15) is 19.2 Å². The number of anilines is 2. The van der Waals surface area contributed by atoms with Gasteiger partial charge in [-0.2, -0.15) is 0 Å². The van der Waals surface area contributed by atoms with E-state index in [4.69, 9.17) is 11.5 Å². The molecule has 0 unspecified atom stereocenters. The lowest BCUT2D eigenvalue weighted by Crippen LogP contribution is -2.23. The van der Waals surface area contributed by atoms with E-state index in [0.29, 0.717) is 33.4 Å². The van der Waals surface area contributed by atoms with Gasteiger partial charge >= 0.3 is 0 Å². The molecule has 4 aromatic rings. The van der Waals surface area contributed by atoms with Crippen molar-refractivity contribution >= 4 is 34.5 Å². The summed E-state index contributed by atoms with van der Waals surface area (Å²) in [6.45, 7) is 0. The molecule has 2 aliphatic rings. The Morgan fingerprint density at radius 3 is 1.00 bits per heavy atom. The molecule has 0 heterocycles. The first-order chi connectivity index (χ1) is 16.4. The molecule has 2 aliphatic carbocycles. The number of nitrogen functional groups attached to an aromatic ring is 2. The minimum atomic E-state index is -0.346. The molecule has 4 aromatic carbocycles. The zero-order valence-corrected chi connectivity index (χ0v) is 17.7. The number of hydrogen-bond donors (Lipinski definition) is 2. The van der Waals surface area contributed by atoms with Gasteiger partial charge in [-0.05, 0) is 12.1 Å². The van der Waals surface area contributed by atoms with Gasteiger partial charge in [0.05, 0.1) is 22.5 Å². The minimum absolute atomic E-state index is 0.104. The molecule has 0 saturated carbocycles. The predicted molar refractivity (Wildman–Crippen MR) is 127 cm³/mol. The lowest BCUT2D eigenvalue weighted by Gasteiger charge is -2.23. The van der Waals surface area contributed by atoms with Gasteiger partial charge in [0.2, 0.25) is 0 Å². The topological polar surface area (TPSA) is 120 Å². The van der Waals surface area contributed by atoms with Crippen molar-refractivity contribution in [2.24, 2.45) is 0 Å². The van der Waals surface area contributed by atoms with Crippen molar-refractivity contribution in [3.63, 3.8) is 0 Å². The van der Waals surface area contributed by atoms with Crippen LogP contribution in [0, 0.1) is 0 Å². The molecule has 0 fully saturated rings. The normalized spacial score (nSPS) is 13.8. The average molecular weight is 444 g/mol. The summed E-state index contributed by atoms with van der Waals surface area (Å²) in [5.41, 5.74) is 15.9. The van der Waals surface area contributed by atoms with E-state index in [1.807, 2.05) is 0 Å². The Hall–Kier alpha value is -4.84. The smallest absolute Gasteiger partial charge is 0.196 e. The molecule has 0 aromatic heterocycles. The van der Waals surface area contributed by atoms with Gasteiger partial charge in [0.1, 0.15) is 0 Å². The third-order valence-electron chi connectivity index (χ3n) is 6.56. The summed E-state index contributed by atoms with van der Waals surface area (Å²) >= 11 is 0. The Labute approximate surface area is 193 Å². The van der Waals surface area contributed by atoms with Gasteiger partial charge in [0, 0.05) is 44.5 Å². The number of hydrogen-bond acceptors (Lipinski definition) is 6. The fourth-order valence-electron chi connectivity index (χ4n) is 4.89. The molecule has 0 bridgehead atoms. The quantitative estimate of drug-likeness (QED) is 0.369. The van der Waals surface area contributed by atoms with Crippen LogP contribution in [-0.4, -0.2) is 23.1 Å². The fourth-order valence-corrected chi connectivity index (χ4v) is 4.89. The van der Waals surface area contributed by atoms with Crippen LogP contribution in [0.25, 0.3) is 11.1 Å². The number of nitrogens with two attached hydrogens (primary N) is 2. The van der Waals surface area contributed by atoms with Crippen molar-refractivity contribution in [3.05, 3.63) is 117 Å². The SMILES string of the molecule is Nc1c(-c2ccc3c(c2N)C(=O)c2ccccc2C3=O)ccc2c1C(=O)c1ccccc1C2=O. The molecule has 0 amide bonds. The molecule has 6 rings (SSSR count). The molecule has 0 spiro atoms. The van der Waals surface area contributed by atoms with E-state index in [0.717, 1.165) is 0 Å². The van der Waals surface area contributed by atoms with Gasteiger partial charge in [-0.3, -0.25) is 19.2 Å². The molecule has 4 N–H and O–H groups in total. The van der Waals surface area contributed by atoms with Crippen LogP contribution in [0.4, 0.5) is 11.4 Å². The second kappa shape index (κ2) is 6.83. The number of ketones is 4. The molecule has 0 atom stereocenters. The van der Waals surface area contributed by atoms with Crippen molar-refractivity contribution < 1.29 is 19.2 Å². The van der Waals surface area contributed by atoms with Crippen molar-refractivity contribution in [1.29, 1.82) is 0 Å². The van der Waals surface area contributed by atoms with Crippen molar-refractivity contribution in [2.45, 2.75) is 0 Å². The average Bonchev–Trinajstić information content (AvgIpc) is 2.86. The van der Waals surface area contributed by atoms with Crippen molar-refractivity contribution in [1.82, 2.24) is 0 Å². The maximum absolute atomic E-state index is 13.2. The molecule has 0 aliphatic heterocycles. The van der Waals surface area contributed by atoms with Gasteiger partial charge in [0.25, 0.3) is 0 Å². The lowest BCUT2D eigenvalue weighted by atomic mass is 9.79. The summed E-state index contributed by atoms with van der Waals surface area (Å²) in [5, 5.41) is 0. The van der Waals surface area contributed by atoms with Crippen LogP contribution in [0.5, 0.6) is 0 Å². The highest BCUT2D eigenvalue weighted by Crippen LogP contribution is 2.42. The Morgan fingerprint density at radius 1 is 0.353 bits per heavy atom. The number of fused-ring (bicyclic) bond motifs is 4. The van der Waals surface area contributed by atoms with E-state index in [1.165, 1.54) is 0 Å². The first-order valence-corrected chi connectivity index (χ1v) is 10.6. The molecule has 6 heteroatoms. The van der Waals surface area contributed by atoms with E-state index < -0.39 is 0 Å². The maximum atomic E-state index is 13.2. The van der Waals surface area contributed by atoms with Crippen LogP contribution in [0.3, 0.4) is 0 Å². The maximum Gasteiger partial charge on any atom is 0.196 e. The van der Waals surface area contributed by atoms with E-state index >= 15 is 0 Å². The second-order valence-electron chi connectivity index (χ2n) is 8.31. The van der Waals surface area contributed by atoms with Crippen LogP contribution in [0.2, 0.25) is 0 Å². The van der Waals surface area contributed by atoms with E-state index in [2.05, 4.69) is 0 Å². The predicted octanol–water partition coefficient (Wildman–Crippen LogP) is 4.07. The van der Waals surface area contributed by atoms with Crippen LogP contribution >= 0.6 is 0 Å². The van der Waals surface area contributed by atoms with E-state index in [1.54, 1.807) is 72.8 Å². The monoisotopic (exact) mass is 444 g/mol. The molecule has 0 saturated heterocycles. The first kappa shape index (κ1) is 19.8. The van der Waals surface area contributed by atoms with Gasteiger partial charge < -0.3 is 11.5 Å². The second-order valence-corrected chi connectivity index (χ2v) is 8.31. The Bertz CT molecular complexity index is 1530. The first-order valence-electron chi connectivity index (χ1n) is 10.6. The Kier molecular flexibility index (Phi) is 3.98. The number of rotatable bonds is 1. The summed E-state index contributed by atoms with van der Waals surface area (Å²) in [5.74, 6) is -1.25. The number of benzene rings is 4. The summed E-state index contributed by atoms with van der Waals surface area (Å²) in [6, 6.07) is 19.6. The van der Waals surface area contributed by atoms with Gasteiger partial charge in [-0.25, -0.2) is 0 Å². The molecular weight excluding hydrogens is 428 g/mol. The van der Waals surface area contributed by atoms with Crippen LogP contribution in [0.15, 0.2) is 72.8 Å². The Morgan fingerprint density at radius 2 is 0.647 bits per heavy atom. The summed E-state index contributed by atoms with van der Waals surface area (Å²) < 4.78 is 0. The third-order valence-corrected chi connectivity index (χ3v) is 6.56. The van der Waals surface area contributed by atoms with Gasteiger partial charge in [0.15, 0.2) is 23.1 Å². The van der Waals surface area contributed by atoms with Crippen LogP contribution < -0.4 is 11.5 Å². The number of carbonyl (C=O) groups is 4. The van der Waals surface area contributed by atoms with Gasteiger partial charge in [-0.1, -0.05) is 60.7 Å². The summed E-state index contributed by atoms with van der Waals surface area (Å²) in [6.07, 6.45) is 0. The largest absolute Gasteiger partial charge is 0.398 e. The summed E-state index contributed by atoms with van der Waals surface area (Å²) in [7, 11) is 0. The van der Waals surface area contributed by atoms with Crippen molar-refractivity contribution in [3.8, 4) is 11.1 Å². The molecule has 0 radical (unpaired) electrons. The van der Waals surface area contributed by atoms with Crippen LogP contribution in [-0.2, 0) is 0 Å². The van der Waals surface area contributed by atoms with Crippen LogP contribution in [0.1, 0.15) is 63.7 Å².